The zero-order valence-corrected chi connectivity index (χ0v) is 13.1. The van der Waals surface area contributed by atoms with E-state index in [0.717, 1.165) is 41.3 Å². The Morgan fingerprint density at radius 3 is 2.81 bits per heavy atom. The van der Waals surface area contributed by atoms with Crippen LogP contribution in [0.2, 0.25) is 5.02 Å². The number of fused-ring (bicyclic) bond motifs is 1. The van der Waals surface area contributed by atoms with Gasteiger partial charge in [0.1, 0.15) is 0 Å². The van der Waals surface area contributed by atoms with Gasteiger partial charge in [-0.1, -0.05) is 49.1 Å². The Balaban J connectivity index is 1.43. The predicted octanol–water partition coefficient (Wildman–Crippen LogP) is 4.26. The summed E-state index contributed by atoms with van der Waals surface area (Å²) < 4.78 is 5.90. The first-order chi connectivity index (χ1) is 10.3. The van der Waals surface area contributed by atoms with Crippen LogP contribution in [0.4, 0.5) is 0 Å². The van der Waals surface area contributed by atoms with Gasteiger partial charge in [-0.2, -0.15) is 0 Å². The van der Waals surface area contributed by atoms with Crippen LogP contribution >= 0.6 is 11.6 Å². The molecule has 2 aromatic rings. The van der Waals surface area contributed by atoms with E-state index in [-0.39, 0.29) is 0 Å². The summed E-state index contributed by atoms with van der Waals surface area (Å²) in [6.07, 6.45) is 6.96. The Hall–Kier alpha value is -1.03. The van der Waals surface area contributed by atoms with Crippen LogP contribution in [0.15, 0.2) is 24.3 Å². The van der Waals surface area contributed by atoms with Crippen molar-refractivity contribution in [1.29, 1.82) is 0 Å². The predicted molar refractivity (Wildman–Crippen MR) is 87.8 cm³/mol. The molecule has 3 nitrogen and oxygen atoms in total. The molecular formula is C17H23ClN2O. The fraction of sp³-hybridized carbons (Fsp3) is 0.529. The summed E-state index contributed by atoms with van der Waals surface area (Å²) in [6, 6.07) is 8.13. The second kappa shape index (κ2) is 7.30. The van der Waals surface area contributed by atoms with Crippen LogP contribution in [0, 0.1) is 0 Å². The fourth-order valence-electron chi connectivity index (χ4n) is 3.03. The van der Waals surface area contributed by atoms with Crippen LogP contribution in [0.5, 0.6) is 0 Å². The number of rotatable bonds is 6. The Bertz CT molecular complexity index is 575. The summed E-state index contributed by atoms with van der Waals surface area (Å²) in [7, 11) is 0. The average molecular weight is 307 g/mol. The van der Waals surface area contributed by atoms with E-state index in [1.165, 1.54) is 32.1 Å². The third-order valence-electron chi connectivity index (χ3n) is 4.20. The molecule has 1 aromatic heterocycles. The van der Waals surface area contributed by atoms with Gasteiger partial charge in [-0.05, 0) is 18.9 Å². The smallest absolute Gasteiger partial charge is 0.0705 e. The molecule has 0 amide bonds. The van der Waals surface area contributed by atoms with Gasteiger partial charge in [-0.25, -0.2) is 0 Å². The first-order valence-corrected chi connectivity index (χ1v) is 8.30. The zero-order chi connectivity index (χ0) is 14.5. The van der Waals surface area contributed by atoms with Gasteiger partial charge in [0.15, 0.2) is 0 Å². The highest BCUT2D eigenvalue weighted by Gasteiger charge is 2.13. The highest BCUT2D eigenvalue weighted by Crippen LogP contribution is 2.26. The number of hydrogen-bond donors (Lipinski definition) is 2. The fourth-order valence-corrected chi connectivity index (χ4v) is 3.31. The van der Waals surface area contributed by atoms with Crippen LogP contribution in [0.1, 0.15) is 37.8 Å². The number of benzene rings is 1. The number of halogens is 1. The molecule has 21 heavy (non-hydrogen) atoms. The summed E-state index contributed by atoms with van der Waals surface area (Å²) in [5.74, 6) is 0. The minimum atomic E-state index is 0.484. The van der Waals surface area contributed by atoms with Crippen molar-refractivity contribution in [2.45, 2.75) is 44.8 Å². The van der Waals surface area contributed by atoms with Gasteiger partial charge in [-0.15, -0.1) is 0 Å². The summed E-state index contributed by atoms with van der Waals surface area (Å²) in [4.78, 5) is 3.37. The van der Waals surface area contributed by atoms with Crippen LogP contribution in [-0.4, -0.2) is 24.2 Å². The first kappa shape index (κ1) is 14.9. The van der Waals surface area contributed by atoms with E-state index in [2.05, 4.69) is 16.4 Å². The lowest BCUT2D eigenvalue weighted by Gasteiger charge is -2.22. The van der Waals surface area contributed by atoms with Crippen LogP contribution < -0.4 is 5.32 Å². The summed E-state index contributed by atoms with van der Waals surface area (Å²) in [5.41, 5.74) is 2.15. The maximum atomic E-state index is 6.39. The van der Waals surface area contributed by atoms with Gasteiger partial charge >= 0.3 is 0 Å². The molecule has 1 aliphatic rings. The molecule has 4 heteroatoms. The van der Waals surface area contributed by atoms with Gasteiger partial charge in [0.05, 0.1) is 17.7 Å². The number of para-hydroxylation sites is 1. The second-order valence-corrected chi connectivity index (χ2v) is 6.15. The summed E-state index contributed by atoms with van der Waals surface area (Å²) in [5, 5.41) is 5.32. The zero-order valence-electron chi connectivity index (χ0n) is 12.3. The number of nitrogens with one attached hydrogen (secondary N) is 2. The van der Waals surface area contributed by atoms with Crippen LogP contribution in [-0.2, 0) is 11.3 Å². The Labute approximate surface area is 131 Å². The molecular weight excluding hydrogens is 284 g/mol. The van der Waals surface area contributed by atoms with E-state index < -0.39 is 0 Å². The van der Waals surface area contributed by atoms with Gasteiger partial charge in [-0.3, -0.25) is 0 Å². The molecule has 0 aliphatic heterocycles. The minimum Gasteiger partial charge on any atom is -0.377 e. The molecule has 0 unspecified atom stereocenters. The number of hydrogen-bond acceptors (Lipinski definition) is 2. The summed E-state index contributed by atoms with van der Waals surface area (Å²) in [6.45, 7) is 2.40. The highest BCUT2D eigenvalue weighted by molar-refractivity contribution is 6.36. The molecule has 1 heterocycles. The van der Waals surface area contributed by atoms with Gasteiger partial charge in [0.2, 0.25) is 0 Å². The van der Waals surface area contributed by atoms with Crippen molar-refractivity contribution in [3.8, 4) is 0 Å². The number of aromatic amines is 1. The Morgan fingerprint density at radius 1 is 1.19 bits per heavy atom. The van der Waals surface area contributed by atoms with E-state index >= 15 is 0 Å². The SMILES string of the molecule is Clc1c(CNCCOC2CCCCC2)[nH]c2ccccc12. The van der Waals surface area contributed by atoms with Crippen molar-refractivity contribution in [2.24, 2.45) is 0 Å². The minimum absolute atomic E-state index is 0.484. The largest absolute Gasteiger partial charge is 0.377 e. The number of H-pyrrole nitrogens is 1. The van der Waals surface area contributed by atoms with Crippen molar-refractivity contribution in [2.75, 3.05) is 13.2 Å². The normalized spacial score (nSPS) is 16.6. The topological polar surface area (TPSA) is 37.0 Å². The van der Waals surface area contributed by atoms with E-state index in [1.807, 2.05) is 18.2 Å². The van der Waals surface area contributed by atoms with Gasteiger partial charge in [0, 0.05) is 29.7 Å². The van der Waals surface area contributed by atoms with Crippen molar-refractivity contribution in [3.63, 3.8) is 0 Å². The lowest BCUT2D eigenvalue weighted by molar-refractivity contribution is 0.0302. The van der Waals surface area contributed by atoms with Crippen molar-refractivity contribution in [1.82, 2.24) is 10.3 Å². The Kier molecular flexibility index (Phi) is 5.17. The molecule has 3 rings (SSSR count). The molecule has 1 aliphatic carbocycles. The molecule has 0 saturated heterocycles. The first-order valence-electron chi connectivity index (χ1n) is 7.92. The lowest BCUT2D eigenvalue weighted by Crippen LogP contribution is -2.24. The van der Waals surface area contributed by atoms with Crippen LogP contribution in [0.25, 0.3) is 10.9 Å². The molecule has 0 spiro atoms. The molecule has 0 atom stereocenters. The molecule has 1 aromatic carbocycles. The monoisotopic (exact) mass is 306 g/mol. The van der Waals surface area contributed by atoms with E-state index in [9.17, 15) is 0 Å². The third-order valence-corrected chi connectivity index (χ3v) is 4.63. The van der Waals surface area contributed by atoms with Crippen LogP contribution in [0.3, 0.4) is 0 Å². The van der Waals surface area contributed by atoms with Crippen molar-refractivity contribution in [3.05, 3.63) is 35.0 Å². The number of ether oxygens (including phenoxy) is 1. The van der Waals surface area contributed by atoms with E-state index in [1.54, 1.807) is 0 Å². The maximum Gasteiger partial charge on any atom is 0.0705 e. The average Bonchev–Trinajstić information content (AvgIpc) is 2.85. The number of aromatic nitrogens is 1. The second-order valence-electron chi connectivity index (χ2n) is 5.77. The molecule has 2 N–H and O–H groups in total. The van der Waals surface area contributed by atoms with Crippen molar-refractivity contribution >= 4 is 22.5 Å². The molecule has 1 fully saturated rings. The van der Waals surface area contributed by atoms with E-state index in [0.29, 0.717) is 6.10 Å². The van der Waals surface area contributed by atoms with Gasteiger partial charge in [0.25, 0.3) is 0 Å². The molecule has 1 saturated carbocycles. The quantitative estimate of drug-likeness (QED) is 0.782. The maximum absolute atomic E-state index is 6.39. The van der Waals surface area contributed by atoms with E-state index in [4.69, 9.17) is 16.3 Å². The van der Waals surface area contributed by atoms with Gasteiger partial charge < -0.3 is 15.0 Å². The third kappa shape index (κ3) is 3.79. The summed E-state index contributed by atoms with van der Waals surface area (Å²) >= 11 is 6.39. The highest BCUT2D eigenvalue weighted by atomic mass is 35.5. The lowest BCUT2D eigenvalue weighted by atomic mass is 9.98. The molecule has 114 valence electrons. The Morgan fingerprint density at radius 2 is 2.00 bits per heavy atom. The standard InChI is InChI=1S/C17H23ClN2O/c18-17-14-8-4-5-9-15(14)20-16(17)12-19-10-11-21-13-6-2-1-3-7-13/h4-5,8-9,13,19-20H,1-3,6-7,10-12H2. The van der Waals surface area contributed by atoms with Crippen molar-refractivity contribution < 1.29 is 4.74 Å². The molecule has 0 radical (unpaired) electrons. The molecule has 0 bridgehead atoms.